The summed E-state index contributed by atoms with van der Waals surface area (Å²) in [6, 6.07) is 12.1. The van der Waals surface area contributed by atoms with Crippen molar-refractivity contribution in [2.75, 3.05) is 24.4 Å². The van der Waals surface area contributed by atoms with Crippen LogP contribution in [0, 0.1) is 6.92 Å². The third-order valence-electron chi connectivity index (χ3n) is 4.81. The first kappa shape index (κ1) is 21.7. The van der Waals surface area contributed by atoms with Gasteiger partial charge in [0.2, 0.25) is 16.0 Å². The Kier molecular flexibility index (Phi) is 6.04. The summed E-state index contributed by atoms with van der Waals surface area (Å²) in [5.41, 5.74) is 3.19. The Balaban J connectivity index is 1.58. The summed E-state index contributed by atoms with van der Waals surface area (Å²) >= 11 is 0. The Hall–Kier alpha value is -3.54. The van der Waals surface area contributed by atoms with Crippen molar-refractivity contribution in [3.63, 3.8) is 0 Å². The molecule has 4 N–H and O–H groups in total. The zero-order valence-corrected chi connectivity index (χ0v) is 18.4. The number of nitrogens with zero attached hydrogens (tertiary/aromatic N) is 4. The summed E-state index contributed by atoms with van der Waals surface area (Å²) in [5.74, 6) is 0.934. The molecule has 2 heterocycles. The van der Waals surface area contributed by atoms with E-state index in [9.17, 15) is 8.42 Å². The zero-order chi connectivity index (χ0) is 22.7. The molecule has 0 radical (unpaired) electrons. The molecule has 0 atom stereocenters. The Labute approximate surface area is 185 Å². The first-order valence-corrected chi connectivity index (χ1v) is 11.3. The van der Waals surface area contributed by atoms with Gasteiger partial charge < -0.3 is 15.4 Å². The number of aryl methyl sites for hydroxylation is 1. The smallest absolute Gasteiger partial charge is 0.238 e. The van der Waals surface area contributed by atoms with Crippen molar-refractivity contribution >= 4 is 44.1 Å². The maximum absolute atomic E-state index is 11.6. The molecule has 166 valence electrons. The van der Waals surface area contributed by atoms with Crippen LogP contribution in [0.4, 0.5) is 23.1 Å². The molecule has 0 aliphatic rings. The second-order valence-corrected chi connectivity index (χ2v) is 8.74. The van der Waals surface area contributed by atoms with Crippen molar-refractivity contribution in [3.8, 4) is 0 Å². The predicted octanol–water partition coefficient (Wildman–Crippen LogP) is 2.92. The molecule has 32 heavy (non-hydrogen) atoms. The molecule has 0 saturated heterocycles. The molecular weight excluding hydrogens is 430 g/mol. The number of rotatable bonds is 8. The van der Waals surface area contributed by atoms with Crippen LogP contribution in [0.1, 0.15) is 5.56 Å². The van der Waals surface area contributed by atoms with E-state index in [0.717, 1.165) is 22.2 Å². The van der Waals surface area contributed by atoms with E-state index in [2.05, 4.69) is 25.7 Å². The number of ether oxygens (including phenoxy) is 1. The van der Waals surface area contributed by atoms with E-state index in [4.69, 9.17) is 9.88 Å². The normalized spacial score (nSPS) is 11.6. The third-order valence-corrected chi connectivity index (χ3v) is 5.72. The molecule has 0 unspecified atom stereocenters. The number of nitrogens with two attached hydrogens (primary N) is 1. The number of sulfonamides is 1. The van der Waals surface area contributed by atoms with E-state index < -0.39 is 10.0 Å². The maximum atomic E-state index is 11.6. The zero-order valence-electron chi connectivity index (χ0n) is 17.6. The van der Waals surface area contributed by atoms with Gasteiger partial charge in [0, 0.05) is 35.6 Å². The van der Waals surface area contributed by atoms with Gasteiger partial charge >= 0.3 is 0 Å². The van der Waals surface area contributed by atoms with E-state index in [1.165, 1.54) is 12.1 Å². The molecule has 0 bridgehead atoms. The molecule has 2 aromatic heterocycles. The van der Waals surface area contributed by atoms with Crippen LogP contribution in [0.2, 0.25) is 0 Å². The molecule has 0 fully saturated rings. The van der Waals surface area contributed by atoms with E-state index in [1.807, 2.05) is 36.0 Å². The van der Waals surface area contributed by atoms with Crippen molar-refractivity contribution < 1.29 is 13.2 Å². The Bertz CT molecular complexity index is 1370. The lowest BCUT2D eigenvalue weighted by Crippen LogP contribution is -2.12. The summed E-state index contributed by atoms with van der Waals surface area (Å²) in [5, 5.41) is 17.0. The van der Waals surface area contributed by atoms with Crippen LogP contribution in [-0.4, -0.2) is 41.9 Å². The van der Waals surface area contributed by atoms with Crippen LogP contribution in [0.15, 0.2) is 59.8 Å². The molecule has 10 nitrogen and oxygen atoms in total. The lowest BCUT2D eigenvalue weighted by atomic mass is 10.2. The first-order valence-electron chi connectivity index (χ1n) is 9.78. The van der Waals surface area contributed by atoms with E-state index in [1.54, 1.807) is 25.4 Å². The van der Waals surface area contributed by atoms with Crippen LogP contribution < -0.4 is 15.8 Å². The first-order chi connectivity index (χ1) is 15.3. The largest absolute Gasteiger partial charge is 0.383 e. The Morgan fingerprint density at radius 2 is 1.91 bits per heavy atom. The second kappa shape index (κ2) is 8.91. The minimum absolute atomic E-state index is 0.00588. The van der Waals surface area contributed by atoms with Crippen molar-refractivity contribution in [1.82, 2.24) is 19.7 Å². The van der Waals surface area contributed by atoms with Gasteiger partial charge in [-0.15, -0.1) is 0 Å². The van der Waals surface area contributed by atoms with Crippen LogP contribution in [0.25, 0.3) is 10.9 Å². The summed E-state index contributed by atoms with van der Waals surface area (Å²) in [6.45, 7) is 3.12. The fourth-order valence-corrected chi connectivity index (χ4v) is 3.71. The van der Waals surface area contributed by atoms with Crippen molar-refractivity contribution in [2.45, 2.75) is 18.4 Å². The average molecular weight is 454 g/mol. The number of primary sulfonamides is 1. The molecule has 0 amide bonds. The second-order valence-electron chi connectivity index (χ2n) is 7.18. The summed E-state index contributed by atoms with van der Waals surface area (Å²) in [4.78, 5) is 8.83. The molecule has 0 aliphatic heterocycles. The third kappa shape index (κ3) is 4.85. The number of aromatic nitrogens is 4. The summed E-state index contributed by atoms with van der Waals surface area (Å²) in [6.07, 6.45) is 3.50. The van der Waals surface area contributed by atoms with E-state index in [-0.39, 0.29) is 4.90 Å². The minimum atomic E-state index is -3.80. The van der Waals surface area contributed by atoms with Crippen LogP contribution in [0.3, 0.4) is 0 Å². The molecular formula is C21H23N7O3S. The van der Waals surface area contributed by atoms with Gasteiger partial charge in [-0.25, -0.2) is 18.5 Å². The number of fused-ring (bicyclic) bond motifs is 1. The highest BCUT2D eigenvalue weighted by Crippen LogP contribution is 2.25. The number of methoxy groups -OCH3 is 1. The quantitative estimate of drug-likeness (QED) is 0.370. The molecule has 0 spiro atoms. The number of hydrogen-bond donors (Lipinski definition) is 3. The van der Waals surface area contributed by atoms with Crippen molar-refractivity contribution in [3.05, 3.63) is 60.4 Å². The lowest BCUT2D eigenvalue weighted by molar-refractivity contribution is 0.185. The lowest BCUT2D eigenvalue weighted by Gasteiger charge is -2.12. The summed E-state index contributed by atoms with van der Waals surface area (Å²) < 4.78 is 30.2. The number of nitrogens with one attached hydrogen (secondary N) is 2. The van der Waals surface area contributed by atoms with E-state index >= 15 is 0 Å². The van der Waals surface area contributed by atoms with Gasteiger partial charge in [0.05, 0.1) is 29.8 Å². The monoisotopic (exact) mass is 453 g/mol. The highest BCUT2D eigenvalue weighted by molar-refractivity contribution is 7.89. The molecule has 4 aromatic rings. The SMILES string of the molecule is COCCn1ncc2ccc(Nc3nc(Nc4cccc(S(N)(=O)=O)c4)ncc3C)cc21. The van der Waals surface area contributed by atoms with Gasteiger partial charge in [0.1, 0.15) is 5.82 Å². The van der Waals surface area contributed by atoms with Crippen molar-refractivity contribution in [1.29, 1.82) is 0 Å². The fraction of sp³-hybridized carbons (Fsp3) is 0.190. The topological polar surface area (TPSA) is 137 Å². The molecule has 0 aliphatic carbocycles. The number of anilines is 4. The van der Waals surface area contributed by atoms with Gasteiger partial charge in [-0.05, 0) is 43.3 Å². The molecule has 4 rings (SSSR count). The number of hydrogen-bond acceptors (Lipinski definition) is 8. The standard InChI is InChI=1S/C21H23N7O3S/c1-14-12-23-21(26-16-4-3-5-18(10-16)32(22,29)30)27-20(14)25-17-7-6-15-13-24-28(8-9-31-2)19(15)11-17/h3-7,10-13H,8-9H2,1-2H3,(H2,22,29,30)(H2,23,25,26,27). The molecule has 2 aromatic carbocycles. The van der Waals surface area contributed by atoms with Crippen LogP contribution in [0.5, 0.6) is 0 Å². The molecule has 0 saturated carbocycles. The maximum Gasteiger partial charge on any atom is 0.238 e. The fourth-order valence-electron chi connectivity index (χ4n) is 3.15. The van der Waals surface area contributed by atoms with Crippen molar-refractivity contribution in [2.24, 2.45) is 5.14 Å². The van der Waals surface area contributed by atoms with E-state index in [0.29, 0.717) is 30.6 Å². The molecule has 11 heteroatoms. The van der Waals surface area contributed by atoms with Gasteiger partial charge in [-0.3, -0.25) is 4.68 Å². The van der Waals surface area contributed by atoms with Gasteiger partial charge in [0.25, 0.3) is 0 Å². The average Bonchev–Trinajstić information content (AvgIpc) is 3.16. The predicted molar refractivity (Wildman–Crippen MR) is 123 cm³/mol. The van der Waals surface area contributed by atoms with Gasteiger partial charge in [0.15, 0.2) is 0 Å². The highest BCUT2D eigenvalue weighted by Gasteiger charge is 2.10. The Morgan fingerprint density at radius 3 is 2.69 bits per heavy atom. The van der Waals surface area contributed by atoms with Crippen LogP contribution in [-0.2, 0) is 21.3 Å². The van der Waals surface area contributed by atoms with Crippen LogP contribution >= 0.6 is 0 Å². The highest BCUT2D eigenvalue weighted by atomic mass is 32.2. The van der Waals surface area contributed by atoms with Gasteiger partial charge in [-0.2, -0.15) is 10.1 Å². The number of benzene rings is 2. The Morgan fingerprint density at radius 1 is 1.09 bits per heavy atom. The summed E-state index contributed by atoms with van der Waals surface area (Å²) in [7, 11) is -2.14. The minimum Gasteiger partial charge on any atom is -0.383 e. The van der Waals surface area contributed by atoms with Gasteiger partial charge in [-0.1, -0.05) is 6.07 Å².